The van der Waals surface area contributed by atoms with Crippen LogP contribution in [0.4, 0.5) is 0 Å². The number of aliphatic imine (C=N–C) groups is 1. The monoisotopic (exact) mass is 476 g/mol. The maximum Gasteiger partial charge on any atom is 0.253 e. The largest absolute Gasteiger partial charge is 0.384 e. The summed E-state index contributed by atoms with van der Waals surface area (Å²) in [6.45, 7) is 1.15. The number of rotatable bonds is 4. The molecule has 2 aromatic carbocycles. The van der Waals surface area contributed by atoms with Crippen molar-refractivity contribution in [3.05, 3.63) is 64.7 Å². The lowest BCUT2D eigenvalue weighted by atomic mass is 10.1. The van der Waals surface area contributed by atoms with Gasteiger partial charge in [0.1, 0.15) is 10.0 Å². The summed E-state index contributed by atoms with van der Waals surface area (Å²) in [7, 11) is -2.02. The van der Waals surface area contributed by atoms with Gasteiger partial charge in [-0.25, -0.2) is 8.42 Å². The Morgan fingerprint density at radius 2 is 1.68 bits per heavy atom. The van der Waals surface area contributed by atoms with Gasteiger partial charge in [-0.2, -0.15) is 4.31 Å². The van der Waals surface area contributed by atoms with E-state index < -0.39 is 10.0 Å². The summed E-state index contributed by atoms with van der Waals surface area (Å²) in [5, 5.41) is 1.42. The summed E-state index contributed by atoms with van der Waals surface area (Å²) >= 11 is 7.22. The first-order chi connectivity index (χ1) is 14.8. The van der Waals surface area contributed by atoms with Crippen LogP contribution in [-0.4, -0.2) is 62.6 Å². The molecular weight excluding hydrogens is 456 g/mol. The molecule has 1 aliphatic rings. The Morgan fingerprint density at radius 3 is 2.32 bits per heavy atom. The number of carbonyl (C=O) groups excluding carboxylic acids is 1. The summed E-state index contributed by atoms with van der Waals surface area (Å²) in [4.78, 5) is 18.4. The zero-order valence-corrected chi connectivity index (χ0v) is 19.2. The minimum Gasteiger partial charge on any atom is -0.384 e. The Morgan fingerprint density at radius 1 is 1.03 bits per heavy atom. The highest BCUT2D eigenvalue weighted by Gasteiger charge is 2.31. The van der Waals surface area contributed by atoms with Crippen molar-refractivity contribution in [2.75, 3.05) is 33.2 Å². The first kappa shape index (κ1) is 21.8. The molecule has 7 nitrogen and oxygen atoms in total. The van der Waals surface area contributed by atoms with Crippen LogP contribution in [0.2, 0.25) is 5.02 Å². The predicted octanol–water partition coefficient (Wildman–Crippen LogP) is 3.04. The molecule has 1 aromatic heterocycles. The molecule has 10 heteroatoms. The van der Waals surface area contributed by atoms with Crippen LogP contribution in [0.15, 0.2) is 57.7 Å². The molecular formula is C21H21ClN4O3S2. The van der Waals surface area contributed by atoms with E-state index in [2.05, 4.69) is 4.99 Å². The van der Waals surface area contributed by atoms with Crippen LogP contribution in [0.25, 0.3) is 10.1 Å². The average molecular weight is 477 g/mol. The highest BCUT2D eigenvalue weighted by atomic mass is 35.5. The maximum absolute atomic E-state index is 13.1. The van der Waals surface area contributed by atoms with Gasteiger partial charge >= 0.3 is 0 Å². The highest BCUT2D eigenvalue weighted by molar-refractivity contribution is 7.91. The third-order valence-corrected chi connectivity index (χ3v) is 8.93. The number of fused-ring (bicyclic) bond motifs is 1. The van der Waals surface area contributed by atoms with E-state index in [0.29, 0.717) is 29.5 Å². The second kappa shape index (κ2) is 8.58. The van der Waals surface area contributed by atoms with Crippen LogP contribution in [-0.2, 0) is 10.0 Å². The van der Waals surface area contributed by atoms with Crippen LogP contribution in [0.5, 0.6) is 0 Å². The zero-order chi connectivity index (χ0) is 22.2. The number of hydrogen-bond acceptors (Lipinski definition) is 5. The smallest absolute Gasteiger partial charge is 0.253 e. The third kappa shape index (κ3) is 4.31. The van der Waals surface area contributed by atoms with E-state index >= 15 is 0 Å². The number of carbonyl (C=O) groups is 1. The van der Waals surface area contributed by atoms with Gasteiger partial charge < -0.3 is 10.6 Å². The molecule has 0 bridgehead atoms. The Balaban J connectivity index is 1.45. The van der Waals surface area contributed by atoms with Crippen molar-refractivity contribution in [3.8, 4) is 0 Å². The Labute approximate surface area is 189 Å². The number of sulfonamides is 1. The van der Waals surface area contributed by atoms with Gasteiger partial charge in [0.05, 0.1) is 0 Å². The average Bonchev–Trinajstić information content (AvgIpc) is 3.22. The van der Waals surface area contributed by atoms with Crippen molar-refractivity contribution in [2.45, 2.75) is 4.21 Å². The maximum atomic E-state index is 13.1. The standard InChI is InChI=1S/C21H21ClN4O3S2/c1-24-20(23)14-2-4-15(5-3-14)21(27)25-8-10-26(11-9-25)31(28,29)19-12-16-6-7-17(22)13-18(16)30-19/h2-7,12-13H,8-11H2,1H3,(H2,23,24). The molecule has 3 aromatic rings. The lowest BCUT2D eigenvalue weighted by Gasteiger charge is -2.33. The number of benzene rings is 2. The first-order valence-electron chi connectivity index (χ1n) is 9.61. The van der Waals surface area contributed by atoms with Gasteiger partial charge in [0, 0.05) is 54.1 Å². The van der Waals surface area contributed by atoms with Gasteiger partial charge in [0.15, 0.2) is 0 Å². The quantitative estimate of drug-likeness (QED) is 0.462. The number of thiophene rings is 1. The summed E-state index contributed by atoms with van der Waals surface area (Å²) in [5.41, 5.74) is 7.07. The van der Waals surface area contributed by atoms with Crippen molar-refractivity contribution in [1.82, 2.24) is 9.21 Å². The molecule has 2 N–H and O–H groups in total. The highest BCUT2D eigenvalue weighted by Crippen LogP contribution is 2.33. The van der Waals surface area contributed by atoms with Crippen molar-refractivity contribution < 1.29 is 13.2 Å². The molecule has 2 heterocycles. The summed E-state index contributed by atoms with van der Waals surface area (Å²) in [5.74, 6) is 0.272. The van der Waals surface area contributed by atoms with E-state index in [1.807, 2.05) is 6.07 Å². The molecule has 4 rings (SSSR count). The minimum atomic E-state index is -3.62. The van der Waals surface area contributed by atoms with E-state index in [9.17, 15) is 13.2 Å². The molecule has 1 amide bonds. The number of amidine groups is 1. The van der Waals surface area contributed by atoms with E-state index in [-0.39, 0.29) is 23.2 Å². The van der Waals surface area contributed by atoms with Gasteiger partial charge in [0.2, 0.25) is 0 Å². The topological polar surface area (TPSA) is 96.1 Å². The zero-order valence-electron chi connectivity index (χ0n) is 16.8. The van der Waals surface area contributed by atoms with E-state index in [0.717, 1.165) is 15.6 Å². The fourth-order valence-corrected chi connectivity index (χ4v) is 6.71. The molecule has 1 aliphatic heterocycles. The van der Waals surface area contributed by atoms with Gasteiger partial charge in [-0.05, 0) is 35.7 Å². The minimum absolute atomic E-state index is 0.132. The SMILES string of the molecule is CN=C(N)c1ccc(C(=O)N2CCN(S(=O)(=O)c3cc4ccc(Cl)cc4s3)CC2)cc1. The summed E-state index contributed by atoms with van der Waals surface area (Å²) in [6, 6.07) is 13.9. The molecule has 1 fully saturated rings. The molecule has 0 spiro atoms. The van der Waals surface area contributed by atoms with Gasteiger partial charge in [0.25, 0.3) is 15.9 Å². The number of piperazine rings is 1. The van der Waals surface area contributed by atoms with Crippen LogP contribution in [0.1, 0.15) is 15.9 Å². The normalized spacial score (nSPS) is 16.1. The Bertz CT molecular complexity index is 1260. The third-order valence-electron chi connectivity index (χ3n) is 5.25. The van der Waals surface area contributed by atoms with E-state index in [1.165, 1.54) is 15.6 Å². The molecule has 0 saturated carbocycles. The molecule has 0 atom stereocenters. The molecule has 0 aliphatic carbocycles. The van der Waals surface area contributed by atoms with Crippen LogP contribution < -0.4 is 5.73 Å². The van der Waals surface area contributed by atoms with Crippen molar-refractivity contribution >= 4 is 54.8 Å². The van der Waals surface area contributed by atoms with Crippen LogP contribution in [0, 0.1) is 0 Å². The second-order valence-corrected chi connectivity index (χ2v) is 10.8. The molecule has 0 unspecified atom stereocenters. The van der Waals surface area contributed by atoms with Crippen molar-refractivity contribution in [2.24, 2.45) is 10.7 Å². The van der Waals surface area contributed by atoms with Gasteiger partial charge in [-0.3, -0.25) is 9.79 Å². The molecule has 0 radical (unpaired) electrons. The summed E-state index contributed by atoms with van der Waals surface area (Å²) in [6.07, 6.45) is 0. The lowest BCUT2D eigenvalue weighted by molar-refractivity contribution is 0.0698. The molecule has 1 saturated heterocycles. The fraction of sp³-hybridized carbons (Fsp3) is 0.238. The number of halogens is 1. The summed E-state index contributed by atoms with van der Waals surface area (Å²) < 4.78 is 28.7. The van der Waals surface area contributed by atoms with E-state index in [4.69, 9.17) is 17.3 Å². The Hall–Kier alpha value is -2.46. The lowest BCUT2D eigenvalue weighted by Crippen LogP contribution is -2.50. The fourth-order valence-electron chi connectivity index (χ4n) is 3.46. The number of nitrogens with two attached hydrogens (primary N) is 1. The van der Waals surface area contributed by atoms with Gasteiger partial charge in [-0.1, -0.05) is 29.8 Å². The van der Waals surface area contributed by atoms with Crippen LogP contribution >= 0.6 is 22.9 Å². The van der Waals surface area contributed by atoms with Gasteiger partial charge in [-0.15, -0.1) is 11.3 Å². The molecule has 31 heavy (non-hydrogen) atoms. The van der Waals surface area contributed by atoms with Crippen LogP contribution in [0.3, 0.4) is 0 Å². The first-order valence-corrected chi connectivity index (χ1v) is 12.2. The number of amides is 1. The predicted molar refractivity (Wildman–Crippen MR) is 125 cm³/mol. The number of nitrogens with zero attached hydrogens (tertiary/aromatic N) is 3. The second-order valence-electron chi connectivity index (χ2n) is 7.13. The molecule has 162 valence electrons. The van der Waals surface area contributed by atoms with E-state index in [1.54, 1.807) is 54.4 Å². The van der Waals surface area contributed by atoms with Crippen molar-refractivity contribution in [3.63, 3.8) is 0 Å². The Kier molecular flexibility index (Phi) is 6.02. The van der Waals surface area contributed by atoms with Crippen molar-refractivity contribution in [1.29, 1.82) is 0 Å². The number of hydrogen-bond donors (Lipinski definition) is 1.